The molecule has 4 aromatic heterocycles. The largest absolute Gasteiger partial charge is 0.443 e. The van der Waals surface area contributed by atoms with Crippen molar-refractivity contribution in [3.63, 3.8) is 0 Å². The number of aromatic nitrogens is 4. The molecule has 0 aromatic carbocycles. The van der Waals surface area contributed by atoms with Gasteiger partial charge in [-0.2, -0.15) is 0 Å². The lowest BCUT2D eigenvalue weighted by Crippen LogP contribution is -2.44. The van der Waals surface area contributed by atoms with E-state index in [1.54, 1.807) is 20.8 Å². The van der Waals surface area contributed by atoms with Crippen LogP contribution in [0.1, 0.15) is 51.2 Å². The first kappa shape index (κ1) is 24.8. The van der Waals surface area contributed by atoms with Crippen LogP contribution in [0.15, 0.2) is 22.2 Å². The summed E-state index contributed by atoms with van der Waals surface area (Å²) in [6.45, 7) is 6.02. The molecular weight excluding hydrogens is 520 g/mol. The van der Waals surface area contributed by atoms with Crippen molar-refractivity contribution < 1.29 is 19.1 Å². The molecule has 2 aliphatic rings. The van der Waals surface area contributed by atoms with Crippen LogP contribution >= 0.6 is 22.7 Å². The molecule has 0 fully saturated rings. The van der Waals surface area contributed by atoms with Crippen molar-refractivity contribution in [3.8, 4) is 0 Å². The zero-order chi connectivity index (χ0) is 26.5. The Morgan fingerprint density at radius 1 is 0.919 bits per heavy atom. The van der Waals surface area contributed by atoms with Crippen molar-refractivity contribution in [1.29, 1.82) is 0 Å². The molecule has 0 aliphatic carbocycles. The molecule has 6 heterocycles. The average molecular weight is 543 g/mol. The van der Waals surface area contributed by atoms with Crippen molar-refractivity contribution in [2.24, 2.45) is 0 Å². The number of amides is 3. The van der Waals surface area contributed by atoms with Crippen molar-refractivity contribution in [3.05, 3.63) is 54.2 Å². The van der Waals surface area contributed by atoms with E-state index in [2.05, 4.69) is 25.3 Å². The van der Waals surface area contributed by atoms with Gasteiger partial charge in [0.25, 0.3) is 22.9 Å². The third-order valence-electron chi connectivity index (χ3n) is 5.69. The van der Waals surface area contributed by atoms with E-state index in [0.717, 1.165) is 21.8 Å². The number of nitrogens with one attached hydrogen (secondary N) is 3. The summed E-state index contributed by atoms with van der Waals surface area (Å²) in [7, 11) is 0. The highest BCUT2D eigenvalue weighted by atomic mass is 32.1. The molecule has 2 aliphatic heterocycles. The lowest BCUT2D eigenvalue weighted by atomic mass is 10.1. The van der Waals surface area contributed by atoms with Gasteiger partial charge in [0.1, 0.15) is 15.3 Å². The van der Waals surface area contributed by atoms with E-state index in [-0.39, 0.29) is 23.6 Å². The molecule has 0 saturated carbocycles. The van der Waals surface area contributed by atoms with Gasteiger partial charge in [0, 0.05) is 13.1 Å². The van der Waals surface area contributed by atoms with Crippen LogP contribution in [-0.4, -0.2) is 61.4 Å². The number of H-pyrrole nitrogens is 2. The summed E-state index contributed by atoms with van der Waals surface area (Å²) in [5, 5.41) is 3.77. The fraction of sp³-hybridized carbons (Fsp3) is 0.348. The van der Waals surface area contributed by atoms with Crippen molar-refractivity contribution in [1.82, 2.24) is 30.2 Å². The molecular formula is C23H22N6O6S2. The summed E-state index contributed by atoms with van der Waals surface area (Å²) in [6.07, 6.45) is 3.14. The lowest BCUT2D eigenvalue weighted by Gasteiger charge is -2.28. The highest BCUT2D eigenvalue weighted by Crippen LogP contribution is 2.32. The third kappa shape index (κ3) is 4.53. The van der Waals surface area contributed by atoms with E-state index in [1.807, 2.05) is 0 Å². The second-order valence-corrected chi connectivity index (χ2v) is 11.3. The minimum absolute atomic E-state index is 0.0985. The predicted octanol–water partition coefficient (Wildman–Crippen LogP) is 2.19. The Morgan fingerprint density at radius 2 is 1.49 bits per heavy atom. The Morgan fingerprint density at radius 3 is 2.08 bits per heavy atom. The zero-order valence-electron chi connectivity index (χ0n) is 20.1. The predicted molar refractivity (Wildman–Crippen MR) is 137 cm³/mol. The molecule has 0 unspecified atom stereocenters. The van der Waals surface area contributed by atoms with Crippen LogP contribution in [-0.2, 0) is 17.6 Å². The summed E-state index contributed by atoms with van der Waals surface area (Å²) >= 11 is 2.41. The summed E-state index contributed by atoms with van der Waals surface area (Å²) in [5.41, 5.74) is 0.414. The molecule has 0 saturated heterocycles. The van der Waals surface area contributed by atoms with Gasteiger partial charge >= 0.3 is 6.09 Å². The van der Waals surface area contributed by atoms with Gasteiger partial charge in [0.2, 0.25) is 0 Å². The number of carbonyl (C=O) groups is 3. The monoisotopic (exact) mass is 542 g/mol. The van der Waals surface area contributed by atoms with Gasteiger partial charge in [0.05, 0.1) is 33.2 Å². The number of aromatic amines is 2. The maximum Gasteiger partial charge on any atom is 0.417 e. The van der Waals surface area contributed by atoms with E-state index in [9.17, 15) is 24.0 Å². The number of imide groups is 1. The van der Waals surface area contributed by atoms with Crippen LogP contribution < -0.4 is 16.4 Å². The number of fused-ring (bicyclic) bond motifs is 6. The molecule has 37 heavy (non-hydrogen) atoms. The summed E-state index contributed by atoms with van der Waals surface area (Å²) in [5.74, 6) is -0.531. The van der Waals surface area contributed by atoms with Crippen LogP contribution in [0, 0.1) is 0 Å². The number of hydrogen-bond acceptors (Lipinski definition) is 10. The third-order valence-corrected chi connectivity index (χ3v) is 7.96. The quantitative estimate of drug-likeness (QED) is 0.304. The Labute approximate surface area is 216 Å². The molecule has 0 bridgehead atoms. The zero-order valence-corrected chi connectivity index (χ0v) is 21.7. The van der Waals surface area contributed by atoms with Gasteiger partial charge in [-0.1, -0.05) is 0 Å². The first-order valence-corrected chi connectivity index (χ1v) is 13.0. The molecule has 0 radical (unpaired) electrons. The number of carbonyl (C=O) groups excluding carboxylic acids is 3. The van der Waals surface area contributed by atoms with Crippen LogP contribution in [0.2, 0.25) is 0 Å². The Kier molecular flexibility index (Phi) is 6.15. The SMILES string of the molecule is CC(C)(C)OC(=O)N1CCc2c(sc3nc[nH]c(=O)c23)C1=O.O=C1NCCc2c1sc1nc[nH]c(=O)c21. The topological polar surface area (TPSA) is 167 Å². The van der Waals surface area contributed by atoms with Crippen molar-refractivity contribution >= 4 is 61.0 Å². The first-order valence-electron chi connectivity index (χ1n) is 11.4. The van der Waals surface area contributed by atoms with Crippen LogP contribution in [0.5, 0.6) is 0 Å². The number of nitrogens with zero attached hydrogens (tertiary/aromatic N) is 3. The highest BCUT2D eigenvalue weighted by molar-refractivity contribution is 7.21. The average Bonchev–Trinajstić information content (AvgIpc) is 3.40. The maximum absolute atomic E-state index is 12.5. The molecule has 3 amide bonds. The van der Waals surface area contributed by atoms with Crippen LogP contribution in [0.4, 0.5) is 4.79 Å². The number of ether oxygens (including phenoxy) is 1. The second-order valence-electron chi connectivity index (χ2n) is 9.34. The molecule has 6 rings (SSSR count). The summed E-state index contributed by atoms with van der Waals surface area (Å²) in [6, 6.07) is 0. The van der Waals surface area contributed by atoms with E-state index >= 15 is 0 Å². The summed E-state index contributed by atoms with van der Waals surface area (Å²) in [4.78, 5) is 76.1. The number of rotatable bonds is 0. The normalized spacial score (nSPS) is 15.1. The fourth-order valence-corrected chi connectivity index (χ4v) is 6.40. The van der Waals surface area contributed by atoms with Gasteiger partial charge in [-0.25, -0.2) is 19.7 Å². The lowest BCUT2D eigenvalue weighted by molar-refractivity contribution is 0.0236. The maximum atomic E-state index is 12.5. The van der Waals surface area contributed by atoms with Crippen molar-refractivity contribution in [2.75, 3.05) is 13.1 Å². The minimum Gasteiger partial charge on any atom is -0.443 e. The van der Waals surface area contributed by atoms with Crippen LogP contribution in [0.3, 0.4) is 0 Å². The molecule has 192 valence electrons. The van der Waals surface area contributed by atoms with E-state index in [4.69, 9.17) is 4.74 Å². The van der Waals surface area contributed by atoms with E-state index in [0.29, 0.717) is 55.1 Å². The van der Waals surface area contributed by atoms with Gasteiger partial charge in [-0.3, -0.25) is 19.2 Å². The molecule has 12 nitrogen and oxygen atoms in total. The molecule has 0 spiro atoms. The highest BCUT2D eigenvalue weighted by Gasteiger charge is 2.35. The number of thiophene rings is 2. The van der Waals surface area contributed by atoms with Gasteiger partial charge in [0.15, 0.2) is 0 Å². The second kappa shape index (κ2) is 9.19. The smallest absolute Gasteiger partial charge is 0.417 e. The van der Waals surface area contributed by atoms with E-state index in [1.165, 1.54) is 24.0 Å². The molecule has 14 heteroatoms. The van der Waals surface area contributed by atoms with Gasteiger partial charge in [-0.05, 0) is 44.7 Å². The van der Waals surface area contributed by atoms with Gasteiger partial charge < -0.3 is 20.0 Å². The molecule has 4 aromatic rings. The Hall–Kier alpha value is -3.91. The fourth-order valence-electron chi connectivity index (χ4n) is 4.15. The van der Waals surface area contributed by atoms with Crippen LogP contribution in [0.25, 0.3) is 20.4 Å². The molecule has 3 N–H and O–H groups in total. The van der Waals surface area contributed by atoms with Gasteiger partial charge in [-0.15, -0.1) is 22.7 Å². The first-order chi connectivity index (χ1) is 17.5. The Balaban J connectivity index is 0.000000162. The molecule has 0 atom stereocenters. The summed E-state index contributed by atoms with van der Waals surface area (Å²) < 4.78 is 5.25. The standard InChI is InChI=1S/C14H15N3O4S.C9H7N3O2S/c1-14(2,3)21-13(20)17-5-4-7-8-10(18)15-6-16-11(8)22-9(7)12(17)19;13-7-5-4-1-2-10-8(14)6(4)15-9(5)12-3-11-7/h6H,4-5H2,1-3H3,(H,15,16,18);3H,1-2H2,(H,10,14)(H,11,12,13). The number of hydrogen-bond donors (Lipinski definition) is 3. The van der Waals surface area contributed by atoms with Crippen molar-refractivity contribution in [2.45, 2.75) is 39.2 Å². The minimum atomic E-state index is -0.670. The Bertz CT molecular complexity index is 1690. The van der Waals surface area contributed by atoms with E-state index < -0.39 is 17.6 Å².